The van der Waals surface area contributed by atoms with Crippen LogP contribution in [0.25, 0.3) is 0 Å². The van der Waals surface area contributed by atoms with Gasteiger partial charge in [0.25, 0.3) is 0 Å². The lowest BCUT2D eigenvalue weighted by Gasteiger charge is -2.17. The van der Waals surface area contributed by atoms with Gasteiger partial charge in [-0.05, 0) is 24.3 Å². The van der Waals surface area contributed by atoms with E-state index >= 15 is 0 Å². The lowest BCUT2D eigenvalue weighted by atomic mass is 9.88. The highest BCUT2D eigenvalue weighted by Crippen LogP contribution is 2.28. The highest BCUT2D eigenvalue weighted by molar-refractivity contribution is 5.19. The van der Waals surface area contributed by atoms with Gasteiger partial charge in [-0.3, -0.25) is 0 Å². The van der Waals surface area contributed by atoms with Gasteiger partial charge in [0, 0.05) is 0 Å². The summed E-state index contributed by atoms with van der Waals surface area (Å²) in [5.74, 6) is 0.800. The number of rotatable bonds is 14. The molecule has 0 amide bonds. The lowest BCUT2D eigenvalue weighted by Crippen LogP contribution is -1.99. The molecule has 0 aliphatic carbocycles. The van der Waals surface area contributed by atoms with E-state index in [1.807, 2.05) is 0 Å². The molecule has 1 atom stereocenters. The summed E-state index contributed by atoms with van der Waals surface area (Å²) in [4.78, 5) is 0. The predicted molar refractivity (Wildman–Crippen MR) is 101 cm³/mol. The van der Waals surface area contributed by atoms with Crippen molar-refractivity contribution < 1.29 is 0 Å². The van der Waals surface area contributed by atoms with Crippen LogP contribution in [-0.4, -0.2) is 0 Å². The van der Waals surface area contributed by atoms with Gasteiger partial charge in [-0.1, -0.05) is 115 Å². The third-order valence-electron chi connectivity index (χ3n) is 4.83. The van der Waals surface area contributed by atoms with E-state index in [2.05, 4.69) is 44.2 Å². The molecule has 0 radical (unpaired) electrons. The molecule has 0 heterocycles. The van der Waals surface area contributed by atoms with Gasteiger partial charge in [-0.15, -0.1) is 0 Å². The Bertz CT molecular complexity index is 327. The van der Waals surface area contributed by atoms with E-state index in [4.69, 9.17) is 0 Å². The predicted octanol–water partition coefficient (Wildman–Crippen LogP) is 7.88. The van der Waals surface area contributed by atoms with Gasteiger partial charge in [0.1, 0.15) is 0 Å². The van der Waals surface area contributed by atoms with Crippen LogP contribution in [0, 0.1) is 0 Å². The number of unbranched alkanes of at least 4 members (excludes halogenated alkanes) is 9. The van der Waals surface area contributed by atoms with Crippen molar-refractivity contribution in [2.45, 2.75) is 103 Å². The Kier molecular flexibility index (Phi) is 12.1. The van der Waals surface area contributed by atoms with Crippen LogP contribution in [0.4, 0.5) is 0 Å². The molecule has 0 aliphatic rings. The molecule has 0 nitrogen and oxygen atoms in total. The first-order valence-electron chi connectivity index (χ1n) is 9.93. The van der Waals surface area contributed by atoms with Crippen molar-refractivity contribution in [3.63, 3.8) is 0 Å². The number of hydrogen-bond donors (Lipinski definition) is 0. The quantitative estimate of drug-likeness (QED) is 0.306. The Morgan fingerprint density at radius 3 is 1.55 bits per heavy atom. The Labute approximate surface area is 139 Å². The summed E-state index contributed by atoms with van der Waals surface area (Å²) in [6, 6.07) is 11.2. The van der Waals surface area contributed by atoms with Crippen molar-refractivity contribution in [2.75, 3.05) is 0 Å². The summed E-state index contributed by atoms with van der Waals surface area (Å²) in [6.07, 6.45) is 18.3. The maximum atomic E-state index is 2.34. The van der Waals surface area contributed by atoms with E-state index in [1.165, 1.54) is 83.5 Å². The summed E-state index contributed by atoms with van der Waals surface area (Å²) in [6.45, 7) is 4.59. The lowest BCUT2D eigenvalue weighted by molar-refractivity contribution is 0.488. The first-order chi connectivity index (χ1) is 10.9. The number of hydrogen-bond acceptors (Lipinski definition) is 0. The molecule has 22 heavy (non-hydrogen) atoms. The monoisotopic (exact) mass is 302 g/mol. The highest BCUT2D eigenvalue weighted by Gasteiger charge is 2.10. The minimum Gasteiger partial charge on any atom is -0.0654 e. The van der Waals surface area contributed by atoms with Gasteiger partial charge in [-0.25, -0.2) is 0 Å². The normalized spacial score (nSPS) is 12.5. The molecule has 0 aliphatic heterocycles. The third kappa shape index (κ3) is 9.28. The van der Waals surface area contributed by atoms with Crippen LogP contribution in [0.1, 0.15) is 109 Å². The zero-order valence-corrected chi connectivity index (χ0v) is 15.2. The Morgan fingerprint density at radius 2 is 1.05 bits per heavy atom. The van der Waals surface area contributed by atoms with Crippen LogP contribution >= 0.6 is 0 Å². The minimum absolute atomic E-state index is 0.800. The maximum Gasteiger partial charge on any atom is -0.0162 e. The van der Waals surface area contributed by atoms with E-state index in [1.54, 1.807) is 5.56 Å². The van der Waals surface area contributed by atoms with Crippen molar-refractivity contribution in [3.8, 4) is 0 Å². The van der Waals surface area contributed by atoms with Crippen LogP contribution < -0.4 is 0 Å². The molecule has 0 aromatic heterocycles. The summed E-state index contributed by atoms with van der Waals surface area (Å²) in [7, 11) is 0. The zero-order valence-electron chi connectivity index (χ0n) is 15.2. The van der Waals surface area contributed by atoms with Gasteiger partial charge in [0.2, 0.25) is 0 Å². The molecule has 1 aromatic rings. The second kappa shape index (κ2) is 13.9. The van der Waals surface area contributed by atoms with Crippen LogP contribution in [0.15, 0.2) is 30.3 Å². The smallest absolute Gasteiger partial charge is 0.0162 e. The van der Waals surface area contributed by atoms with Crippen molar-refractivity contribution >= 4 is 0 Å². The van der Waals surface area contributed by atoms with Gasteiger partial charge in [-0.2, -0.15) is 0 Å². The molecule has 0 fully saturated rings. The molecule has 0 bridgehead atoms. The largest absolute Gasteiger partial charge is 0.0654 e. The Morgan fingerprint density at radius 1 is 0.591 bits per heavy atom. The van der Waals surface area contributed by atoms with Crippen molar-refractivity contribution in [1.29, 1.82) is 0 Å². The third-order valence-corrected chi connectivity index (χ3v) is 4.83. The molecule has 0 spiro atoms. The average molecular weight is 303 g/mol. The van der Waals surface area contributed by atoms with E-state index in [-0.39, 0.29) is 0 Å². The molecular weight excluding hydrogens is 264 g/mol. The molecule has 0 N–H and O–H groups in total. The van der Waals surface area contributed by atoms with Gasteiger partial charge >= 0.3 is 0 Å². The van der Waals surface area contributed by atoms with Crippen LogP contribution in [0.2, 0.25) is 0 Å². The molecule has 0 saturated heterocycles. The molecule has 0 saturated carbocycles. The summed E-state index contributed by atoms with van der Waals surface area (Å²) >= 11 is 0. The zero-order chi connectivity index (χ0) is 15.9. The fourth-order valence-corrected chi connectivity index (χ4v) is 3.37. The molecule has 1 unspecified atom stereocenters. The highest BCUT2D eigenvalue weighted by atomic mass is 14.2. The van der Waals surface area contributed by atoms with E-state index in [0.29, 0.717) is 0 Å². The average Bonchev–Trinajstić information content (AvgIpc) is 2.56. The van der Waals surface area contributed by atoms with Crippen molar-refractivity contribution in [3.05, 3.63) is 35.9 Å². The molecule has 1 aromatic carbocycles. The first-order valence-corrected chi connectivity index (χ1v) is 9.93. The second-order valence-corrected chi connectivity index (χ2v) is 6.87. The first kappa shape index (κ1) is 19.3. The topological polar surface area (TPSA) is 0 Å². The summed E-state index contributed by atoms with van der Waals surface area (Å²) in [5.41, 5.74) is 1.58. The van der Waals surface area contributed by atoms with Gasteiger partial charge in [0.05, 0.1) is 0 Å². The summed E-state index contributed by atoms with van der Waals surface area (Å²) < 4.78 is 0. The fraction of sp³-hybridized carbons (Fsp3) is 0.727. The van der Waals surface area contributed by atoms with E-state index in [9.17, 15) is 0 Å². The van der Waals surface area contributed by atoms with Crippen molar-refractivity contribution in [2.24, 2.45) is 0 Å². The van der Waals surface area contributed by atoms with Crippen LogP contribution in [0.3, 0.4) is 0 Å². The Balaban J connectivity index is 2.29. The minimum atomic E-state index is 0.800. The molecule has 0 heteroatoms. The maximum absolute atomic E-state index is 2.34. The van der Waals surface area contributed by atoms with Crippen LogP contribution in [0.5, 0.6) is 0 Å². The van der Waals surface area contributed by atoms with Crippen LogP contribution in [-0.2, 0) is 0 Å². The van der Waals surface area contributed by atoms with Gasteiger partial charge < -0.3 is 0 Å². The van der Waals surface area contributed by atoms with E-state index in [0.717, 1.165) is 5.92 Å². The molecular formula is C22H38. The van der Waals surface area contributed by atoms with Gasteiger partial charge in [0.15, 0.2) is 0 Å². The Hall–Kier alpha value is -0.780. The van der Waals surface area contributed by atoms with E-state index < -0.39 is 0 Å². The molecule has 1 rings (SSSR count). The second-order valence-electron chi connectivity index (χ2n) is 6.87. The standard InChI is InChI=1S/C22H38/c1-3-5-7-9-11-14-18-21(17-13-10-8-6-4-2)22-19-15-12-16-20-22/h12,15-16,19-21H,3-11,13-14,17-18H2,1-2H3. The molecule has 126 valence electrons. The summed E-state index contributed by atoms with van der Waals surface area (Å²) in [5, 5.41) is 0. The number of benzene rings is 1. The SMILES string of the molecule is CCCCCCCCC(CCCCCCC)c1ccccc1. The fourth-order valence-electron chi connectivity index (χ4n) is 3.37. The van der Waals surface area contributed by atoms with Crippen molar-refractivity contribution in [1.82, 2.24) is 0 Å².